The molecule has 0 aliphatic heterocycles. The van der Waals surface area contributed by atoms with Crippen molar-refractivity contribution in [1.29, 1.82) is 0 Å². The summed E-state index contributed by atoms with van der Waals surface area (Å²) in [4.78, 5) is 0. The van der Waals surface area contributed by atoms with Crippen LogP contribution < -0.4 is 5.73 Å². The first-order chi connectivity index (χ1) is 6.56. The van der Waals surface area contributed by atoms with E-state index in [1.807, 2.05) is 12.1 Å². The summed E-state index contributed by atoms with van der Waals surface area (Å²) in [5, 5.41) is 0.751. The van der Waals surface area contributed by atoms with E-state index >= 15 is 0 Å². The molecule has 0 saturated heterocycles. The van der Waals surface area contributed by atoms with E-state index in [0.29, 0.717) is 18.4 Å². The van der Waals surface area contributed by atoms with Crippen LogP contribution in [0.15, 0.2) is 22.7 Å². The van der Waals surface area contributed by atoms with Crippen molar-refractivity contribution >= 4 is 27.5 Å². The monoisotopic (exact) mass is 275 g/mol. The predicted molar refractivity (Wildman–Crippen MR) is 65.8 cm³/mol. The molecule has 14 heavy (non-hydrogen) atoms. The Hall–Kier alpha value is -0.0500. The first kappa shape index (κ1) is 12.0. The van der Waals surface area contributed by atoms with Crippen LogP contribution in [-0.4, -0.2) is 6.54 Å². The summed E-state index contributed by atoms with van der Waals surface area (Å²) in [7, 11) is 0. The summed E-state index contributed by atoms with van der Waals surface area (Å²) in [6, 6.07) is 6.04. The molecule has 0 heterocycles. The van der Waals surface area contributed by atoms with Crippen LogP contribution in [0, 0.1) is 5.92 Å². The van der Waals surface area contributed by atoms with Crippen molar-refractivity contribution in [1.82, 2.24) is 0 Å². The molecule has 2 N–H and O–H groups in total. The van der Waals surface area contributed by atoms with Crippen LogP contribution in [0.2, 0.25) is 5.02 Å². The van der Waals surface area contributed by atoms with Crippen molar-refractivity contribution in [3.8, 4) is 0 Å². The van der Waals surface area contributed by atoms with E-state index in [1.54, 1.807) is 0 Å². The average Bonchev–Trinajstić information content (AvgIpc) is 2.11. The van der Waals surface area contributed by atoms with E-state index in [-0.39, 0.29) is 0 Å². The first-order valence-electron chi connectivity index (χ1n) is 4.71. The lowest BCUT2D eigenvalue weighted by Gasteiger charge is -2.19. The molecule has 0 amide bonds. The van der Waals surface area contributed by atoms with Crippen LogP contribution in [0.4, 0.5) is 0 Å². The summed E-state index contributed by atoms with van der Waals surface area (Å²) < 4.78 is 0.933. The molecule has 3 heteroatoms. The third-order valence-corrected chi connectivity index (χ3v) is 3.66. The topological polar surface area (TPSA) is 26.0 Å². The van der Waals surface area contributed by atoms with E-state index in [9.17, 15) is 0 Å². The number of hydrogen-bond acceptors (Lipinski definition) is 1. The summed E-state index contributed by atoms with van der Waals surface area (Å²) >= 11 is 9.41. The highest BCUT2D eigenvalue weighted by Crippen LogP contribution is 2.29. The maximum absolute atomic E-state index is 6.03. The van der Waals surface area contributed by atoms with E-state index in [2.05, 4.69) is 35.8 Å². The molecule has 1 aromatic rings. The van der Waals surface area contributed by atoms with Gasteiger partial charge >= 0.3 is 0 Å². The number of benzene rings is 1. The molecule has 0 aliphatic carbocycles. The number of halogens is 2. The second kappa shape index (κ2) is 5.15. The van der Waals surface area contributed by atoms with Crippen LogP contribution in [0.3, 0.4) is 0 Å². The second-order valence-electron chi connectivity index (χ2n) is 3.76. The second-order valence-corrected chi connectivity index (χ2v) is 5.02. The van der Waals surface area contributed by atoms with Gasteiger partial charge in [-0.2, -0.15) is 0 Å². The molecule has 0 saturated carbocycles. The maximum Gasteiger partial charge on any atom is 0.0550 e. The Morgan fingerprint density at radius 1 is 1.43 bits per heavy atom. The van der Waals surface area contributed by atoms with Crippen LogP contribution >= 0.6 is 27.5 Å². The maximum atomic E-state index is 6.03. The van der Waals surface area contributed by atoms with Gasteiger partial charge in [0.25, 0.3) is 0 Å². The van der Waals surface area contributed by atoms with Gasteiger partial charge in [0.2, 0.25) is 0 Å². The molecule has 0 aromatic heterocycles. The van der Waals surface area contributed by atoms with E-state index in [0.717, 1.165) is 9.50 Å². The zero-order valence-corrected chi connectivity index (χ0v) is 10.8. The normalized spacial score (nSPS) is 13.3. The SMILES string of the molecule is CC(C)C(CN)c1ccc(Br)c(Cl)c1. The Morgan fingerprint density at radius 3 is 2.50 bits per heavy atom. The van der Waals surface area contributed by atoms with Crippen molar-refractivity contribution in [2.24, 2.45) is 11.7 Å². The van der Waals surface area contributed by atoms with Gasteiger partial charge in [-0.1, -0.05) is 31.5 Å². The fraction of sp³-hybridized carbons (Fsp3) is 0.455. The van der Waals surface area contributed by atoms with Crippen molar-refractivity contribution in [3.05, 3.63) is 33.3 Å². The van der Waals surface area contributed by atoms with Crippen LogP contribution in [0.5, 0.6) is 0 Å². The molecule has 1 rings (SSSR count). The zero-order valence-electron chi connectivity index (χ0n) is 8.43. The predicted octanol–water partition coefficient (Wildman–Crippen LogP) is 3.80. The van der Waals surface area contributed by atoms with Crippen LogP contribution in [0.25, 0.3) is 0 Å². The van der Waals surface area contributed by atoms with Crippen molar-refractivity contribution < 1.29 is 0 Å². The van der Waals surface area contributed by atoms with E-state index < -0.39 is 0 Å². The number of nitrogens with two attached hydrogens (primary N) is 1. The number of rotatable bonds is 3. The molecule has 78 valence electrons. The van der Waals surface area contributed by atoms with Gasteiger partial charge in [-0.25, -0.2) is 0 Å². The van der Waals surface area contributed by atoms with Gasteiger partial charge in [-0.05, 0) is 52.0 Å². The van der Waals surface area contributed by atoms with Gasteiger partial charge in [0.05, 0.1) is 5.02 Å². The molecule has 1 nitrogen and oxygen atoms in total. The quantitative estimate of drug-likeness (QED) is 0.893. The molecule has 0 radical (unpaired) electrons. The van der Waals surface area contributed by atoms with Gasteiger partial charge < -0.3 is 5.73 Å². The number of hydrogen-bond donors (Lipinski definition) is 1. The highest BCUT2D eigenvalue weighted by molar-refractivity contribution is 9.10. The van der Waals surface area contributed by atoms with Crippen molar-refractivity contribution in [2.75, 3.05) is 6.54 Å². The fourth-order valence-corrected chi connectivity index (χ4v) is 1.97. The summed E-state index contributed by atoms with van der Waals surface area (Å²) in [5.41, 5.74) is 6.96. The molecule has 1 unspecified atom stereocenters. The van der Waals surface area contributed by atoms with Gasteiger partial charge in [0.15, 0.2) is 0 Å². The minimum Gasteiger partial charge on any atom is -0.330 e. The minimum atomic E-state index is 0.389. The third kappa shape index (κ3) is 2.72. The molecular weight excluding hydrogens is 261 g/mol. The lowest BCUT2D eigenvalue weighted by atomic mass is 9.89. The van der Waals surface area contributed by atoms with Gasteiger partial charge in [-0.3, -0.25) is 0 Å². The van der Waals surface area contributed by atoms with Crippen LogP contribution in [-0.2, 0) is 0 Å². The highest BCUT2D eigenvalue weighted by atomic mass is 79.9. The Balaban J connectivity index is 3.00. The van der Waals surface area contributed by atoms with E-state index in [1.165, 1.54) is 5.56 Å². The third-order valence-electron chi connectivity index (χ3n) is 2.43. The average molecular weight is 277 g/mol. The molecular formula is C11H15BrClN. The lowest BCUT2D eigenvalue weighted by molar-refractivity contribution is 0.506. The Kier molecular flexibility index (Phi) is 4.42. The Labute approximate surface area is 98.8 Å². The summed E-state index contributed by atoms with van der Waals surface area (Å²) in [6.45, 7) is 5.01. The standard InChI is InChI=1S/C11H15BrClN/c1-7(2)9(6-14)8-3-4-10(12)11(13)5-8/h3-5,7,9H,6,14H2,1-2H3. The summed E-state index contributed by atoms with van der Waals surface area (Å²) in [5.74, 6) is 0.929. The van der Waals surface area contributed by atoms with Gasteiger partial charge in [0, 0.05) is 4.47 Å². The van der Waals surface area contributed by atoms with Crippen LogP contribution in [0.1, 0.15) is 25.3 Å². The fourth-order valence-electron chi connectivity index (χ4n) is 1.54. The molecule has 0 bridgehead atoms. The van der Waals surface area contributed by atoms with Gasteiger partial charge in [-0.15, -0.1) is 0 Å². The molecule has 1 atom stereocenters. The minimum absolute atomic E-state index is 0.389. The smallest absolute Gasteiger partial charge is 0.0550 e. The van der Waals surface area contributed by atoms with Crippen molar-refractivity contribution in [3.63, 3.8) is 0 Å². The van der Waals surface area contributed by atoms with Gasteiger partial charge in [0.1, 0.15) is 0 Å². The molecule has 0 spiro atoms. The van der Waals surface area contributed by atoms with Crippen molar-refractivity contribution in [2.45, 2.75) is 19.8 Å². The lowest BCUT2D eigenvalue weighted by Crippen LogP contribution is -2.17. The highest BCUT2D eigenvalue weighted by Gasteiger charge is 2.14. The molecule has 0 aliphatic rings. The largest absolute Gasteiger partial charge is 0.330 e. The molecule has 1 aromatic carbocycles. The van der Waals surface area contributed by atoms with E-state index in [4.69, 9.17) is 17.3 Å². The molecule has 0 fully saturated rings. The zero-order chi connectivity index (χ0) is 10.7. The first-order valence-corrected chi connectivity index (χ1v) is 5.88. The Bertz CT molecular complexity index is 312. The Morgan fingerprint density at radius 2 is 2.07 bits per heavy atom. The summed E-state index contributed by atoms with van der Waals surface area (Å²) in [6.07, 6.45) is 0.